The third-order valence-corrected chi connectivity index (χ3v) is 4.58. The molecule has 0 radical (unpaired) electrons. The molecule has 3 rings (SSSR count). The van der Waals surface area contributed by atoms with Crippen molar-refractivity contribution in [2.75, 3.05) is 12.4 Å². The number of nitro benzene ring substituents is 1. The van der Waals surface area contributed by atoms with E-state index in [1.54, 1.807) is 0 Å². The Balaban J connectivity index is 2.00. The minimum absolute atomic E-state index is 0.0258. The molecule has 2 aromatic carbocycles. The van der Waals surface area contributed by atoms with Gasteiger partial charge in [-0.05, 0) is 42.0 Å². The van der Waals surface area contributed by atoms with Crippen LogP contribution in [0.25, 0.3) is 0 Å². The molecular weight excluding hydrogens is 467 g/mol. The second kappa shape index (κ2) is 9.68. The van der Waals surface area contributed by atoms with Crippen LogP contribution in [0, 0.1) is 21.7 Å². The summed E-state index contributed by atoms with van der Waals surface area (Å²) in [5.41, 5.74) is -0.801. The monoisotopic (exact) mass is 482 g/mol. The number of carbonyl (C=O) groups is 1. The highest BCUT2D eigenvalue weighted by molar-refractivity contribution is 5.96. The number of rotatable bonds is 7. The number of aromatic nitrogens is 1. The molecular formula is C21H15F5N4O4. The molecule has 0 saturated carbocycles. The normalized spacial score (nSPS) is 12.1. The fourth-order valence-electron chi connectivity index (χ4n) is 3.08. The van der Waals surface area contributed by atoms with Gasteiger partial charge in [-0.15, -0.1) is 13.2 Å². The number of pyridine rings is 1. The van der Waals surface area contributed by atoms with E-state index in [-0.39, 0.29) is 28.2 Å². The first-order valence-corrected chi connectivity index (χ1v) is 9.43. The maximum absolute atomic E-state index is 14.5. The van der Waals surface area contributed by atoms with E-state index in [4.69, 9.17) is 0 Å². The number of carbonyl (C=O) groups excluding carboxylic acids is 1. The Morgan fingerprint density at radius 3 is 2.44 bits per heavy atom. The smallest absolute Gasteiger partial charge is 0.403 e. The number of hydrogen-bond donors (Lipinski definition) is 2. The average Bonchev–Trinajstić information content (AvgIpc) is 2.78. The lowest BCUT2D eigenvalue weighted by molar-refractivity contribution is -0.383. The molecule has 0 aliphatic heterocycles. The Morgan fingerprint density at radius 1 is 1.12 bits per heavy atom. The van der Waals surface area contributed by atoms with Crippen molar-refractivity contribution in [2.24, 2.45) is 0 Å². The molecule has 34 heavy (non-hydrogen) atoms. The number of nitrogens with one attached hydrogen (secondary N) is 2. The summed E-state index contributed by atoms with van der Waals surface area (Å²) in [4.78, 5) is 27.2. The standard InChI is InChI=1S/C21H15F5N4O4/c1-27-15-10-12(4-6-16(15)30(32)33)20(31)29-18(19-13(22)3-2-8-28-19)11-5-7-17(14(23)9-11)34-21(24,25)26/h2-10,18,27H,1H3,(H,29,31). The summed E-state index contributed by atoms with van der Waals surface area (Å²) in [7, 11) is 1.41. The van der Waals surface area contributed by atoms with E-state index in [0.717, 1.165) is 24.3 Å². The number of nitro groups is 1. The fraction of sp³-hybridized carbons (Fsp3) is 0.143. The van der Waals surface area contributed by atoms with Gasteiger partial charge in [-0.2, -0.15) is 0 Å². The molecule has 0 bridgehead atoms. The molecule has 1 heterocycles. The Kier molecular flexibility index (Phi) is 6.94. The summed E-state index contributed by atoms with van der Waals surface area (Å²) in [6.45, 7) is 0. The first-order chi connectivity index (χ1) is 16.0. The van der Waals surface area contributed by atoms with Gasteiger partial charge in [-0.25, -0.2) is 8.78 Å². The zero-order chi connectivity index (χ0) is 25.0. The van der Waals surface area contributed by atoms with Crippen LogP contribution < -0.4 is 15.4 Å². The number of anilines is 1. The molecule has 0 fully saturated rings. The molecule has 0 aliphatic carbocycles. The Bertz CT molecular complexity index is 1240. The quantitative estimate of drug-likeness (QED) is 0.287. The maximum Gasteiger partial charge on any atom is 0.573 e. The van der Waals surface area contributed by atoms with E-state index in [1.165, 1.54) is 25.4 Å². The molecule has 0 spiro atoms. The molecule has 0 aliphatic rings. The lowest BCUT2D eigenvalue weighted by Crippen LogP contribution is -2.31. The van der Waals surface area contributed by atoms with E-state index in [0.29, 0.717) is 12.1 Å². The molecule has 178 valence electrons. The van der Waals surface area contributed by atoms with Crippen LogP contribution in [-0.4, -0.2) is 29.2 Å². The van der Waals surface area contributed by atoms with Crippen LogP contribution in [0.5, 0.6) is 5.75 Å². The van der Waals surface area contributed by atoms with E-state index >= 15 is 0 Å². The number of alkyl halides is 3. The van der Waals surface area contributed by atoms with Crippen LogP contribution in [0.4, 0.5) is 33.3 Å². The van der Waals surface area contributed by atoms with Crippen LogP contribution in [0.15, 0.2) is 54.7 Å². The van der Waals surface area contributed by atoms with Crippen LogP contribution in [0.1, 0.15) is 27.7 Å². The molecule has 1 unspecified atom stereocenters. The van der Waals surface area contributed by atoms with E-state index < -0.39 is 40.6 Å². The number of halogens is 5. The van der Waals surface area contributed by atoms with Crippen molar-refractivity contribution in [3.05, 3.63) is 93.3 Å². The van der Waals surface area contributed by atoms with Gasteiger partial charge in [-0.3, -0.25) is 19.9 Å². The fourth-order valence-corrected chi connectivity index (χ4v) is 3.08. The topological polar surface area (TPSA) is 106 Å². The SMILES string of the molecule is CNc1cc(C(=O)NC(c2ccc(OC(F)(F)F)c(F)c2)c2ncccc2F)ccc1[N+](=O)[O-]. The summed E-state index contributed by atoms with van der Waals surface area (Å²) in [6, 6.07) is 6.64. The lowest BCUT2D eigenvalue weighted by atomic mass is 10.0. The van der Waals surface area contributed by atoms with Gasteiger partial charge in [0, 0.05) is 24.9 Å². The minimum atomic E-state index is -5.13. The summed E-state index contributed by atoms with van der Waals surface area (Å²) in [5, 5.41) is 16.1. The van der Waals surface area contributed by atoms with E-state index in [1.807, 2.05) is 0 Å². The second-order valence-electron chi connectivity index (χ2n) is 6.75. The highest BCUT2D eigenvalue weighted by Gasteiger charge is 2.33. The summed E-state index contributed by atoms with van der Waals surface area (Å²) in [6.07, 6.45) is -3.93. The van der Waals surface area contributed by atoms with Gasteiger partial charge in [0.1, 0.15) is 17.2 Å². The lowest BCUT2D eigenvalue weighted by Gasteiger charge is -2.20. The molecule has 0 saturated heterocycles. The Hall–Kier alpha value is -4.29. The van der Waals surface area contributed by atoms with Gasteiger partial charge in [0.25, 0.3) is 11.6 Å². The minimum Gasteiger partial charge on any atom is -0.403 e. The van der Waals surface area contributed by atoms with Crippen molar-refractivity contribution in [1.29, 1.82) is 0 Å². The van der Waals surface area contributed by atoms with Crippen LogP contribution in [-0.2, 0) is 0 Å². The van der Waals surface area contributed by atoms with Gasteiger partial charge < -0.3 is 15.4 Å². The Morgan fingerprint density at radius 2 is 1.85 bits per heavy atom. The third kappa shape index (κ3) is 5.54. The number of benzene rings is 2. The molecule has 2 N–H and O–H groups in total. The van der Waals surface area contributed by atoms with Crippen LogP contribution in [0.2, 0.25) is 0 Å². The number of nitrogens with zero attached hydrogens (tertiary/aromatic N) is 2. The number of hydrogen-bond acceptors (Lipinski definition) is 6. The second-order valence-corrected chi connectivity index (χ2v) is 6.75. The van der Waals surface area contributed by atoms with Crippen molar-refractivity contribution in [2.45, 2.75) is 12.4 Å². The maximum atomic E-state index is 14.5. The van der Waals surface area contributed by atoms with Gasteiger partial charge in [0.2, 0.25) is 0 Å². The van der Waals surface area contributed by atoms with Crippen molar-refractivity contribution in [3.8, 4) is 5.75 Å². The van der Waals surface area contributed by atoms with Crippen molar-refractivity contribution in [1.82, 2.24) is 10.3 Å². The zero-order valence-electron chi connectivity index (χ0n) is 17.2. The molecule has 1 atom stereocenters. The van der Waals surface area contributed by atoms with Gasteiger partial charge in [-0.1, -0.05) is 6.07 Å². The largest absolute Gasteiger partial charge is 0.573 e. The molecule has 1 aromatic heterocycles. The van der Waals surface area contributed by atoms with E-state index in [2.05, 4.69) is 20.4 Å². The number of ether oxygens (including phenoxy) is 1. The molecule has 3 aromatic rings. The first-order valence-electron chi connectivity index (χ1n) is 9.43. The van der Waals surface area contributed by atoms with Crippen molar-refractivity contribution in [3.63, 3.8) is 0 Å². The predicted octanol–water partition coefficient (Wildman–Crippen LogP) is 4.73. The predicted molar refractivity (Wildman–Crippen MR) is 109 cm³/mol. The molecule has 1 amide bonds. The highest BCUT2D eigenvalue weighted by atomic mass is 19.4. The van der Waals surface area contributed by atoms with Gasteiger partial charge >= 0.3 is 6.36 Å². The average molecular weight is 482 g/mol. The first kappa shape index (κ1) is 24.4. The highest BCUT2D eigenvalue weighted by Crippen LogP contribution is 2.31. The zero-order valence-corrected chi connectivity index (χ0v) is 17.2. The number of amides is 1. The molecule has 8 nitrogen and oxygen atoms in total. The van der Waals surface area contributed by atoms with Crippen LogP contribution in [0.3, 0.4) is 0 Å². The molecule has 13 heteroatoms. The van der Waals surface area contributed by atoms with Gasteiger partial charge in [0.15, 0.2) is 11.6 Å². The summed E-state index contributed by atoms with van der Waals surface area (Å²) >= 11 is 0. The van der Waals surface area contributed by atoms with Crippen molar-refractivity contribution < 1.29 is 36.4 Å². The van der Waals surface area contributed by atoms with Gasteiger partial charge in [0.05, 0.1) is 11.0 Å². The van der Waals surface area contributed by atoms with Crippen LogP contribution >= 0.6 is 0 Å². The van der Waals surface area contributed by atoms with E-state index in [9.17, 15) is 36.9 Å². The summed E-state index contributed by atoms with van der Waals surface area (Å²) in [5.74, 6) is -4.23. The van der Waals surface area contributed by atoms with Crippen molar-refractivity contribution >= 4 is 17.3 Å². The third-order valence-electron chi connectivity index (χ3n) is 4.58. The Labute approximate surface area is 188 Å². The summed E-state index contributed by atoms with van der Waals surface area (Å²) < 4.78 is 69.7.